The number of ether oxygens (including phenoxy) is 2. The molecular weight excluding hydrogens is 847 g/mol. The van der Waals surface area contributed by atoms with Gasteiger partial charge in [0, 0.05) is 22.3 Å². The molecule has 6 aromatic rings. The molecule has 0 fully saturated rings. The van der Waals surface area contributed by atoms with Gasteiger partial charge in [0.05, 0.1) is 0 Å². The van der Waals surface area contributed by atoms with Crippen molar-refractivity contribution < 1.29 is 61.4 Å². The van der Waals surface area contributed by atoms with Gasteiger partial charge in [0.25, 0.3) is 0 Å². The SMILES string of the molecule is Cc1ccc(C2=C(c3ccccc3)COc3ccccc32)cc1.O=S(=O)(OS(=O)(=O)C(F)(F)F)C(F)(F)F.Oc1ccc(C2=C(c3ccccc3)COc3ccccc32)cc1. The molecule has 0 spiro atoms. The summed E-state index contributed by atoms with van der Waals surface area (Å²) >= 11 is 0. The highest BCUT2D eigenvalue weighted by Crippen LogP contribution is 2.42. The number of aryl methyl sites for hydroxylation is 1. The summed E-state index contributed by atoms with van der Waals surface area (Å²) in [5, 5.41) is 9.59. The first-order valence-electron chi connectivity index (χ1n) is 18.1. The maximum absolute atomic E-state index is 11.4. The molecule has 0 amide bonds. The average molecular weight is 881 g/mol. The van der Waals surface area contributed by atoms with E-state index in [0.29, 0.717) is 13.2 Å². The molecule has 0 aromatic heterocycles. The molecule has 0 saturated carbocycles. The molecule has 8 nitrogen and oxygen atoms in total. The predicted octanol–water partition coefficient (Wildman–Crippen LogP) is 10.8. The number of rotatable bonds is 6. The monoisotopic (exact) mass is 880 g/mol. The minimum absolute atomic E-state index is 0.274. The molecule has 0 atom stereocenters. The lowest BCUT2D eigenvalue weighted by atomic mass is 9.87. The third kappa shape index (κ3) is 10.3. The number of hydrogen-bond acceptors (Lipinski definition) is 8. The zero-order chi connectivity index (χ0) is 44.0. The number of hydrogen-bond donors (Lipinski definition) is 1. The van der Waals surface area contributed by atoms with Crippen molar-refractivity contribution in [3.63, 3.8) is 0 Å². The van der Waals surface area contributed by atoms with Crippen molar-refractivity contribution in [2.24, 2.45) is 0 Å². The number of phenolic OH excluding ortho intramolecular Hbond substituents is 1. The molecule has 0 aliphatic carbocycles. The average Bonchev–Trinajstić information content (AvgIpc) is 3.23. The van der Waals surface area contributed by atoms with E-state index in [9.17, 15) is 48.3 Å². The summed E-state index contributed by atoms with van der Waals surface area (Å²) in [5.74, 6) is 2.13. The number of alkyl halides is 6. The first-order chi connectivity index (χ1) is 28.9. The van der Waals surface area contributed by atoms with Crippen LogP contribution in [-0.4, -0.2) is 46.2 Å². The van der Waals surface area contributed by atoms with Crippen LogP contribution in [0, 0.1) is 6.92 Å². The second-order valence-corrected chi connectivity index (χ2v) is 16.6. The second-order valence-electron chi connectivity index (χ2n) is 13.3. The van der Waals surface area contributed by atoms with Gasteiger partial charge in [0.15, 0.2) is 0 Å². The lowest BCUT2D eigenvalue weighted by Crippen LogP contribution is -2.34. The summed E-state index contributed by atoms with van der Waals surface area (Å²) in [6, 6.07) is 53.3. The highest BCUT2D eigenvalue weighted by Gasteiger charge is 2.57. The van der Waals surface area contributed by atoms with Crippen LogP contribution in [-0.2, 0) is 23.9 Å². The second kappa shape index (κ2) is 18.1. The van der Waals surface area contributed by atoms with Gasteiger partial charge in [-0.3, -0.25) is 0 Å². The zero-order valence-electron chi connectivity index (χ0n) is 31.8. The first kappa shape index (κ1) is 44.2. The lowest BCUT2D eigenvalue weighted by molar-refractivity contribution is -0.0585. The third-order valence-corrected chi connectivity index (χ3v) is 11.7. The van der Waals surface area contributed by atoms with Crippen LogP contribution in [0.4, 0.5) is 26.3 Å². The molecule has 1 N–H and O–H groups in total. The van der Waals surface area contributed by atoms with E-state index in [2.05, 4.69) is 85.8 Å². The van der Waals surface area contributed by atoms with Crippen LogP contribution in [0.5, 0.6) is 17.2 Å². The van der Waals surface area contributed by atoms with Gasteiger partial charge >= 0.3 is 31.3 Å². The van der Waals surface area contributed by atoms with Crippen molar-refractivity contribution in [3.8, 4) is 17.2 Å². The maximum Gasteiger partial charge on any atom is 0.524 e. The van der Waals surface area contributed by atoms with E-state index in [-0.39, 0.29) is 5.75 Å². The molecule has 0 radical (unpaired) electrons. The molecule has 0 unspecified atom stereocenters. The van der Waals surface area contributed by atoms with Gasteiger partial charge in [0.2, 0.25) is 0 Å². The van der Waals surface area contributed by atoms with Crippen LogP contribution in [0.15, 0.2) is 158 Å². The minimum Gasteiger partial charge on any atom is -0.508 e. The summed E-state index contributed by atoms with van der Waals surface area (Å²) in [4.78, 5) is 0. The Kier molecular flexibility index (Phi) is 13.1. The largest absolute Gasteiger partial charge is 0.524 e. The predicted molar refractivity (Wildman–Crippen MR) is 219 cm³/mol. The van der Waals surface area contributed by atoms with Crippen LogP contribution >= 0.6 is 0 Å². The standard InChI is InChI=1S/C22H18O.C21H16O2.C2F6O5S2/c1-16-11-13-18(14-12-16)22-19-9-5-6-10-21(19)23-15-20(22)17-7-3-2-4-8-17;22-17-12-10-16(11-13-17)21-18-8-4-5-9-20(18)23-14-19(21)15-6-2-1-3-7-15;3-1(4,5)14(9,10)13-15(11,12)2(6,7)8/h2-14H,15H2,1H3;1-13,22H,14H2;. The van der Waals surface area contributed by atoms with Gasteiger partial charge in [0.1, 0.15) is 30.5 Å². The van der Waals surface area contributed by atoms with Gasteiger partial charge in [-0.2, -0.15) is 43.2 Å². The van der Waals surface area contributed by atoms with E-state index < -0.39 is 31.3 Å². The van der Waals surface area contributed by atoms with Crippen LogP contribution in [0.25, 0.3) is 22.3 Å². The number of aromatic hydroxyl groups is 1. The summed E-state index contributed by atoms with van der Waals surface area (Å²) in [6.07, 6.45) is 0. The van der Waals surface area contributed by atoms with E-state index in [1.54, 1.807) is 12.1 Å². The third-order valence-electron chi connectivity index (χ3n) is 9.15. The molecule has 2 heterocycles. The molecule has 316 valence electrons. The highest BCUT2D eigenvalue weighted by atomic mass is 32.3. The van der Waals surface area contributed by atoms with Crippen molar-refractivity contribution in [3.05, 3.63) is 197 Å². The normalized spacial score (nSPS) is 13.9. The van der Waals surface area contributed by atoms with Crippen molar-refractivity contribution in [2.75, 3.05) is 13.2 Å². The Labute approximate surface area is 347 Å². The molecule has 0 saturated heterocycles. The van der Waals surface area contributed by atoms with Crippen molar-refractivity contribution >= 4 is 42.5 Å². The molecule has 0 bridgehead atoms. The van der Waals surface area contributed by atoms with E-state index in [1.165, 1.54) is 33.4 Å². The van der Waals surface area contributed by atoms with E-state index in [0.717, 1.165) is 39.3 Å². The Morgan fingerprint density at radius 3 is 1.20 bits per heavy atom. The molecule has 2 aliphatic rings. The van der Waals surface area contributed by atoms with Gasteiger partial charge in [-0.05, 0) is 64.6 Å². The minimum atomic E-state index is -6.85. The van der Waals surface area contributed by atoms with E-state index >= 15 is 0 Å². The summed E-state index contributed by atoms with van der Waals surface area (Å²) in [6.45, 7) is 3.26. The molecule has 61 heavy (non-hydrogen) atoms. The topological polar surface area (TPSA) is 116 Å². The Bertz CT molecular complexity index is 2580. The van der Waals surface area contributed by atoms with Crippen molar-refractivity contribution in [1.29, 1.82) is 0 Å². The molecule has 8 rings (SSSR count). The fourth-order valence-corrected chi connectivity index (χ4v) is 7.86. The Morgan fingerprint density at radius 1 is 0.475 bits per heavy atom. The lowest BCUT2D eigenvalue weighted by Gasteiger charge is -2.25. The zero-order valence-corrected chi connectivity index (χ0v) is 33.4. The van der Waals surface area contributed by atoms with E-state index in [4.69, 9.17) is 9.47 Å². The van der Waals surface area contributed by atoms with Gasteiger partial charge in [-0.25, -0.2) is 0 Å². The number of fused-ring (bicyclic) bond motifs is 2. The van der Waals surface area contributed by atoms with E-state index in [1.807, 2.05) is 70.4 Å². The van der Waals surface area contributed by atoms with Gasteiger partial charge < -0.3 is 14.6 Å². The van der Waals surface area contributed by atoms with Crippen molar-refractivity contribution in [2.45, 2.75) is 17.9 Å². The summed E-state index contributed by atoms with van der Waals surface area (Å²) < 4.78 is 122. The van der Waals surface area contributed by atoms with Crippen LogP contribution in [0.3, 0.4) is 0 Å². The first-order valence-corrected chi connectivity index (χ1v) is 20.9. The number of benzene rings is 6. The molecule has 2 aliphatic heterocycles. The molecular formula is C45H34F6O8S2. The number of halogens is 6. The van der Waals surface area contributed by atoms with Crippen molar-refractivity contribution in [1.82, 2.24) is 0 Å². The fourth-order valence-electron chi connectivity index (χ4n) is 6.30. The Hall–Kier alpha value is -6.36. The smallest absolute Gasteiger partial charge is 0.508 e. The number of para-hydroxylation sites is 2. The Balaban J connectivity index is 0.000000158. The maximum atomic E-state index is 11.4. The van der Waals surface area contributed by atoms with Crippen LogP contribution in [0.2, 0.25) is 0 Å². The summed E-state index contributed by atoms with van der Waals surface area (Å²) in [5.41, 5.74) is 0.557. The van der Waals surface area contributed by atoms with Crippen LogP contribution < -0.4 is 9.47 Å². The molecule has 6 aromatic carbocycles. The number of phenols is 1. The summed E-state index contributed by atoms with van der Waals surface area (Å²) in [7, 11) is -13.7. The fraction of sp³-hybridized carbons (Fsp3) is 0.111. The highest BCUT2D eigenvalue weighted by molar-refractivity contribution is 8.00. The molecule has 16 heteroatoms. The quantitative estimate of drug-likeness (QED) is 0.130. The van der Waals surface area contributed by atoms with Crippen LogP contribution in [0.1, 0.15) is 38.9 Å². The Morgan fingerprint density at radius 2 is 0.820 bits per heavy atom. The van der Waals surface area contributed by atoms with Gasteiger partial charge in [-0.1, -0.05) is 139 Å². The van der Waals surface area contributed by atoms with Gasteiger partial charge in [-0.15, -0.1) is 3.63 Å².